The summed E-state index contributed by atoms with van der Waals surface area (Å²) in [6, 6.07) is 1.48. The van der Waals surface area contributed by atoms with Crippen LogP contribution in [0.2, 0.25) is 0 Å². The zero-order valence-electron chi connectivity index (χ0n) is 10.6. The number of nitrogens with zero attached hydrogens (tertiary/aromatic N) is 1. The highest BCUT2D eigenvalue weighted by Crippen LogP contribution is 2.30. The lowest BCUT2D eigenvalue weighted by Gasteiger charge is -2.28. The van der Waals surface area contributed by atoms with Gasteiger partial charge in [-0.2, -0.15) is 0 Å². The molecule has 4 nitrogen and oxygen atoms in total. The predicted molar refractivity (Wildman–Crippen MR) is 67.9 cm³/mol. The van der Waals surface area contributed by atoms with Gasteiger partial charge in [-0.25, -0.2) is 4.79 Å². The number of carboxylic acids is 1. The zero-order valence-corrected chi connectivity index (χ0v) is 10.6. The van der Waals surface area contributed by atoms with Gasteiger partial charge >= 0.3 is 5.97 Å². The minimum atomic E-state index is -0.963. The van der Waals surface area contributed by atoms with Gasteiger partial charge in [0, 0.05) is 6.20 Å². The first-order valence-electron chi connectivity index (χ1n) is 6.54. The second-order valence-electron chi connectivity index (χ2n) is 4.85. The summed E-state index contributed by atoms with van der Waals surface area (Å²) >= 11 is 0. The number of pyridine rings is 1. The molecule has 1 saturated carbocycles. The number of carboxylic acid groups (broad SMARTS) is 1. The molecular formula is C14H19NO3. The largest absolute Gasteiger partial charge is 0.488 e. The third-order valence-electron chi connectivity index (χ3n) is 3.68. The van der Waals surface area contributed by atoms with E-state index in [1.54, 1.807) is 0 Å². The summed E-state index contributed by atoms with van der Waals surface area (Å²) in [6.07, 6.45) is 8.68. The lowest BCUT2D eigenvalue weighted by atomic mass is 9.86. The van der Waals surface area contributed by atoms with Crippen LogP contribution in [-0.4, -0.2) is 22.2 Å². The lowest BCUT2D eigenvalue weighted by molar-refractivity contribution is 0.0683. The maximum absolute atomic E-state index is 11.1. The van der Waals surface area contributed by atoms with Crippen LogP contribution in [0.1, 0.15) is 49.4 Å². The Hall–Kier alpha value is -1.58. The summed E-state index contributed by atoms with van der Waals surface area (Å²) in [7, 11) is 0. The van der Waals surface area contributed by atoms with E-state index in [1.807, 2.05) is 0 Å². The summed E-state index contributed by atoms with van der Waals surface area (Å²) in [5.41, 5.74) is 0.197. The highest BCUT2D eigenvalue weighted by molar-refractivity contribution is 5.90. The molecule has 0 aliphatic heterocycles. The molecule has 0 spiro atoms. The second-order valence-corrected chi connectivity index (χ2v) is 4.85. The molecule has 1 aromatic heterocycles. The molecule has 0 amide bonds. The van der Waals surface area contributed by atoms with Crippen LogP contribution in [0, 0.1) is 5.92 Å². The fourth-order valence-corrected chi connectivity index (χ4v) is 2.49. The molecule has 0 radical (unpaired) electrons. The van der Waals surface area contributed by atoms with E-state index in [0.29, 0.717) is 5.75 Å². The van der Waals surface area contributed by atoms with Crippen molar-refractivity contribution in [1.82, 2.24) is 4.98 Å². The number of hydrogen-bond donors (Lipinski definition) is 1. The van der Waals surface area contributed by atoms with Gasteiger partial charge in [0.05, 0.1) is 12.3 Å². The van der Waals surface area contributed by atoms with E-state index in [-0.39, 0.29) is 11.7 Å². The van der Waals surface area contributed by atoms with E-state index in [9.17, 15) is 4.79 Å². The Morgan fingerprint density at radius 1 is 1.44 bits per heavy atom. The van der Waals surface area contributed by atoms with Gasteiger partial charge in [0.15, 0.2) is 5.75 Å². The fraction of sp³-hybridized carbons (Fsp3) is 0.571. The van der Waals surface area contributed by atoms with Crippen LogP contribution in [0.4, 0.5) is 0 Å². The van der Waals surface area contributed by atoms with Gasteiger partial charge in [-0.15, -0.1) is 0 Å². The maximum atomic E-state index is 11.1. The monoisotopic (exact) mass is 249 g/mol. The average molecular weight is 249 g/mol. The van der Waals surface area contributed by atoms with Crippen LogP contribution in [0.3, 0.4) is 0 Å². The van der Waals surface area contributed by atoms with Gasteiger partial charge in [-0.05, 0) is 37.7 Å². The molecule has 18 heavy (non-hydrogen) atoms. The normalized spacial score (nSPS) is 23.6. The number of carbonyl (C=O) groups is 1. The van der Waals surface area contributed by atoms with Crippen LogP contribution in [-0.2, 0) is 0 Å². The third kappa shape index (κ3) is 3.00. The van der Waals surface area contributed by atoms with Crippen LogP contribution in [0.25, 0.3) is 0 Å². The summed E-state index contributed by atoms with van der Waals surface area (Å²) < 4.78 is 5.80. The molecule has 1 aliphatic rings. The number of ether oxygens (including phenoxy) is 1. The van der Waals surface area contributed by atoms with Crippen LogP contribution >= 0.6 is 0 Å². The minimum Gasteiger partial charge on any atom is -0.488 e. The maximum Gasteiger partial charge on any atom is 0.339 e. The highest BCUT2D eigenvalue weighted by atomic mass is 16.5. The SMILES string of the molecule is CCC1CCC(Oc2cnccc2C(=O)O)CC1. The van der Waals surface area contributed by atoms with Gasteiger partial charge in [-0.1, -0.05) is 13.3 Å². The van der Waals surface area contributed by atoms with E-state index in [1.165, 1.54) is 37.7 Å². The van der Waals surface area contributed by atoms with Crippen molar-refractivity contribution in [3.05, 3.63) is 24.0 Å². The van der Waals surface area contributed by atoms with Gasteiger partial charge in [0.1, 0.15) is 5.56 Å². The quantitative estimate of drug-likeness (QED) is 0.890. The summed E-state index contributed by atoms with van der Waals surface area (Å²) in [6.45, 7) is 2.22. The Labute approximate surface area is 107 Å². The van der Waals surface area contributed by atoms with E-state index < -0.39 is 5.97 Å². The molecule has 0 aromatic carbocycles. The molecule has 4 heteroatoms. The smallest absolute Gasteiger partial charge is 0.339 e. The van der Waals surface area contributed by atoms with Gasteiger partial charge < -0.3 is 9.84 Å². The number of hydrogen-bond acceptors (Lipinski definition) is 3. The van der Waals surface area contributed by atoms with E-state index in [2.05, 4.69) is 11.9 Å². The molecule has 0 bridgehead atoms. The van der Waals surface area contributed by atoms with Crippen molar-refractivity contribution < 1.29 is 14.6 Å². The molecule has 0 unspecified atom stereocenters. The number of aromatic nitrogens is 1. The Morgan fingerprint density at radius 2 is 2.17 bits per heavy atom. The molecule has 1 N–H and O–H groups in total. The Balaban J connectivity index is 2.00. The molecule has 0 saturated heterocycles. The molecule has 98 valence electrons. The van der Waals surface area contributed by atoms with E-state index >= 15 is 0 Å². The van der Waals surface area contributed by atoms with Gasteiger partial charge in [-0.3, -0.25) is 4.98 Å². The molecule has 1 aliphatic carbocycles. The van der Waals surface area contributed by atoms with Crippen LogP contribution < -0.4 is 4.74 Å². The van der Waals surface area contributed by atoms with Gasteiger partial charge in [0.25, 0.3) is 0 Å². The van der Waals surface area contributed by atoms with Crippen LogP contribution in [0.15, 0.2) is 18.5 Å². The van der Waals surface area contributed by atoms with Crippen molar-refractivity contribution in [2.45, 2.75) is 45.1 Å². The molecule has 1 fully saturated rings. The van der Waals surface area contributed by atoms with Crippen LogP contribution in [0.5, 0.6) is 5.75 Å². The zero-order chi connectivity index (χ0) is 13.0. The summed E-state index contributed by atoms with van der Waals surface area (Å²) in [4.78, 5) is 15.0. The molecule has 0 atom stereocenters. The Kier molecular flexibility index (Phi) is 4.18. The van der Waals surface area contributed by atoms with Crippen molar-refractivity contribution >= 4 is 5.97 Å². The van der Waals surface area contributed by atoms with E-state index in [0.717, 1.165) is 18.8 Å². The predicted octanol–water partition coefficient (Wildman–Crippen LogP) is 3.13. The van der Waals surface area contributed by atoms with Crippen molar-refractivity contribution in [1.29, 1.82) is 0 Å². The first-order valence-corrected chi connectivity index (χ1v) is 6.54. The van der Waals surface area contributed by atoms with Crippen molar-refractivity contribution in [3.8, 4) is 5.75 Å². The Bertz CT molecular complexity index is 411. The average Bonchev–Trinajstić information content (AvgIpc) is 2.40. The Morgan fingerprint density at radius 3 is 2.78 bits per heavy atom. The molecular weight excluding hydrogens is 230 g/mol. The van der Waals surface area contributed by atoms with Gasteiger partial charge in [0.2, 0.25) is 0 Å². The standard InChI is InChI=1S/C14H19NO3/c1-2-10-3-5-11(6-4-10)18-13-9-15-8-7-12(13)14(16)17/h7-11H,2-6H2,1H3,(H,16,17). The minimum absolute atomic E-state index is 0.134. The first-order chi connectivity index (χ1) is 8.70. The first kappa shape index (κ1) is 12.9. The highest BCUT2D eigenvalue weighted by Gasteiger charge is 2.22. The fourth-order valence-electron chi connectivity index (χ4n) is 2.49. The molecule has 1 heterocycles. The topological polar surface area (TPSA) is 59.4 Å². The number of rotatable bonds is 4. The lowest BCUT2D eigenvalue weighted by Crippen LogP contribution is -2.24. The van der Waals surface area contributed by atoms with Crippen molar-refractivity contribution in [3.63, 3.8) is 0 Å². The molecule has 2 rings (SSSR count). The van der Waals surface area contributed by atoms with E-state index in [4.69, 9.17) is 9.84 Å². The summed E-state index contributed by atoms with van der Waals surface area (Å²) in [5.74, 6) is 0.234. The summed E-state index contributed by atoms with van der Waals surface area (Å²) in [5, 5.41) is 9.07. The molecule has 1 aromatic rings. The van der Waals surface area contributed by atoms with Crippen molar-refractivity contribution in [2.75, 3.05) is 0 Å². The second kappa shape index (κ2) is 5.85. The number of aromatic carboxylic acids is 1. The van der Waals surface area contributed by atoms with Crippen molar-refractivity contribution in [2.24, 2.45) is 5.92 Å². The third-order valence-corrected chi connectivity index (χ3v) is 3.68.